The van der Waals surface area contributed by atoms with Gasteiger partial charge in [-0.25, -0.2) is 0 Å². The summed E-state index contributed by atoms with van der Waals surface area (Å²) in [6.07, 6.45) is 7.30. The van der Waals surface area contributed by atoms with Gasteiger partial charge in [-0.05, 0) is 76.4 Å². The fourth-order valence-corrected chi connectivity index (χ4v) is 2.80. The third-order valence-corrected chi connectivity index (χ3v) is 4.14. The van der Waals surface area contributed by atoms with E-state index in [0.717, 1.165) is 24.3 Å². The highest BCUT2D eigenvalue weighted by Gasteiger charge is 2.40. The first kappa shape index (κ1) is 12.4. The molecule has 94 valence electrons. The van der Waals surface area contributed by atoms with Crippen LogP contribution in [0, 0.1) is 17.8 Å². The van der Waals surface area contributed by atoms with E-state index in [9.17, 15) is 0 Å². The van der Waals surface area contributed by atoms with Crippen molar-refractivity contribution in [2.45, 2.75) is 52.0 Å². The van der Waals surface area contributed by atoms with E-state index in [2.05, 4.69) is 24.5 Å². The first-order valence-electron chi connectivity index (χ1n) is 7.25. The van der Waals surface area contributed by atoms with Crippen LogP contribution in [-0.2, 0) is 0 Å². The van der Waals surface area contributed by atoms with Gasteiger partial charge in [0, 0.05) is 6.04 Å². The minimum atomic E-state index is 0.665. The molecule has 2 rings (SSSR count). The SMILES string of the molecule is CCNC(C)CCNCC(C1CC1)C1CC1. The third-order valence-electron chi connectivity index (χ3n) is 4.14. The minimum absolute atomic E-state index is 0.665. The summed E-state index contributed by atoms with van der Waals surface area (Å²) in [5.41, 5.74) is 0. The lowest BCUT2D eigenvalue weighted by atomic mass is 9.98. The lowest BCUT2D eigenvalue weighted by Gasteiger charge is -2.17. The standard InChI is InChI=1S/C14H28N2/c1-3-16-11(2)8-9-15-10-14(12-4-5-12)13-6-7-13/h11-16H,3-10H2,1-2H3. The summed E-state index contributed by atoms with van der Waals surface area (Å²) < 4.78 is 0. The van der Waals surface area contributed by atoms with Crippen LogP contribution in [0.25, 0.3) is 0 Å². The summed E-state index contributed by atoms with van der Waals surface area (Å²) >= 11 is 0. The lowest BCUT2D eigenvalue weighted by Crippen LogP contribution is -2.32. The Kier molecular flexibility index (Phi) is 4.66. The number of nitrogens with one attached hydrogen (secondary N) is 2. The fraction of sp³-hybridized carbons (Fsp3) is 1.00. The van der Waals surface area contributed by atoms with Crippen LogP contribution in [0.4, 0.5) is 0 Å². The molecule has 0 spiro atoms. The molecule has 2 fully saturated rings. The third kappa shape index (κ3) is 4.06. The Morgan fingerprint density at radius 3 is 2.25 bits per heavy atom. The van der Waals surface area contributed by atoms with E-state index in [1.807, 2.05) is 0 Å². The molecule has 2 nitrogen and oxygen atoms in total. The van der Waals surface area contributed by atoms with Gasteiger partial charge in [0.15, 0.2) is 0 Å². The first-order valence-corrected chi connectivity index (χ1v) is 7.25. The number of hydrogen-bond donors (Lipinski definition) is 2. The molecule has 0 aromatic heterocycles. The molecule has 0 aromatic rings. The molecule has 0 radical (unpaired) electrons. The van der Waals surface area contributed by atoms with Gasteiger partial charge in [0.2, 0.25) is 0 Å². The zero-order chi connectivity index (χ0) is 11.4. The van der Waals surface area contributed by atoms with Gasteiger partial charge < -0.3 is 10.6 Å². The molecular formula is C14H28N2. The quantitative estimate of drug-likeness (QED) is 0.588. The topological polar surface area (TPSA) is 24.1 Å². The Balaban J connectivity index is 1.52. The Labute approximate surface area is 101 Å². The van der Waals surface area contributed by atoms with Crippen LogP contribution in [0.15, 0.2) is 0 Å². The first-order chi connectivity index (χ1) is 7.81. The van der Waals surface area contributed by atoms with E-state index in [4.69, 9.17) is 0 Å². The Morgan fingerprint density at radius 1 is 1.12 bits per heavy atom. The monoisotopic (exact) mass is 224 g/mol. The van der Waals surface area contributed by atoms with Crippen molar-refractivity contribution in [1.29, 1.82) is 0 Å². The van der Waals surface area contributed by atoms with Crippen LogP contribution < -0.4 is 10.6 Å². The van der Waals surface area contributed by atoms with Crippen LogP contribution in [0.1, 0.15) is 46.0 Å². The molecule has 0 aliphatic heterocycles. The molecule has 0 heterocycles. The van der Waals surface area contributed by atoms with Crippen LogP contribution in [0.2, 0.25) is 0 Å². The van der Waals surface area contributed by atoms with Crippen molar-refractivity contribution in [1.82, 2.24) is 10.6 Å². The maximum absolute atomic E-state index is 3.68. The zero-order valence-corrected chi connectivity index (χ0v) is 11.0. The van der Waals surface area contributed by atoms with Crippen molar-refractivity contribution < 1.29 is 0 Å². The van der Waals surface area contributed by atoms with E-state index in [1.54, 1.807) is 0 Å². The molecule has 1 atom stereocenters. The van der Waals surface area contributed by atoms with E-state index in [1.165, 1.54) is 45.2 Å². The molecule has 0 aromatic carbocycles. The lowest BCUT2D eigenvalue weighted by molar-refractivity contribution is 0.372. The second kappa shape index (κ2) is 6.02. The predicted molar refractivity (Wildman–Crippen MR) is 69.6 cm³/mol. The average molecular weight is 224 g/mol. The fourth-order valence-electron chi connectivity index (χ4n) is 2.80. The van der Waals surface area contributed by atoms with Gasteiger partial charge in [-0.15, -0.1) is 0 Å². The smallest absolute Gasteiger partial charge is 0.00506 e. The molecule has 0 bridgehead atoms. The van der Waals surface area contributed by atoms with Gasteiger partial charge in [-0.1, -0.05) is 6.92 Å². The predicted octanol–water partition coefficient (Wildman–Crippen LogP) is 2.40. The number of rotatable bonds is 9. The van der Waals surface area contributed by atoms with Gasteiger partial charge in [0.05, 0.1) is 0 Å². The molecule has 2 aliphatic carbocycles. The van der Waals surface area contributed by atoms with Crippen molar-refractivity contribution in [2.24, 2.45) is 17.8 Å². The van der Waals surface area contributed by atoms with Gasteiger partial charge in [0.25, 0.3) is 0 Å². The molecular weight excluding hydrogens is 196 g/mol. The van der Waals surface area contributed by atoms with Crippen molar-refractivity contribution in [3.05, 3.63) is 0 Å². The van der Waals surface area contributed by atoms with E-state index in [-0.39, 0.29) is 0 Å². The van der Waals surface area contributed by atoms with Crippen molar-refractivity contribution >= 4 is 0 Å². The highest BCUT2D eigenvalue weighted by molar-refractivity contribution is 4.92. The van der Waals surface area contributed by atoms with Crippen molar-refractivity contribution in [3.8, 4) is 0 Å². The Morgan fingerprint density at radius 2 is 1.75 bits per heavy atom. The maximum Gasteiger partial charge on any atom is 0.00506 e. The summed E-state index contributed by atoms with van der Waals surface area (Å²) in [6.45, 7) is 8.02. The molecule has 1 unspecified atom stereocenters. The summed E-state index contributed by atoms with van der Waals surface area (Å²) in [6, 6.07) is 0.665. The van der Waals surface area contributed by atoms with Gasteiger partial charge in [0.1, 0.15) is 0 Å². The molecule has 2 aliphatic rings. The summed E-state index contributed by atoms with van der Waals surface area (Å²) in [5.74, 6) is 3.20. The molecule has 2 heteroatoms. The van der Waals surface area contributed by atoms with E-state index < -0.39 is 0 Å². The second-order valence-corrected chi connectivity index (χ2v) is 5.79. The van der Waals surface area contributed by atoms with Crippen LogP contribution in [0.5, 0.6) is 0 Å². The minimum Gasteiger partial charge on any atom is -0.316 e. The van der Waals surface area contributed by atoms with Crippen LogP contribution in [0.3, 0.4) is 0 Å². The number of hydrogen-bond acceptors (Lipinski definition) is 2. The zero-order valence-electron chi connectivity index (χ0n) is 11.0. The molecule has 0 saturated heterocycles. The summed E-state index contributed by atoms with van der Waals surface area (Å²) in [7, 11) is 0. The van der Waals surface area contributed by atoms with Crippen molar-refractivity contribution in [2.75, 3.05) is 19.6 Å². The van der Waals surface area contributed by atoms with Crippen LogP contribution >= 0.6 is 0 Å². The Hall–Kier alpha value is -0.0800. The highest BCUT2D eigenvalue weighted by Crippen LogP contribution is 2.48. The summed E-state index contributed by atoms with van der Waals surface area (Å²) in [5, 5.41) is 7.14. The molecule has 2 N–H and O–H groups in total. The van der Waals surface area contributed by atoms with Gasteiger partial charge in [-0.2, -0.15) is 0 Å². The van der Waals surface area contributed by atoms with Crippen LogP contribution in [-0.4, -0.2) is 25.7 Å². The largest absolute Gasteiger partial charge is 0.316 e. The average Bonchev–Trinajstić information content (AvgIpc) is 3.12. The normalized spacial score (nSPS) is 22.7. The molecule has 2 saturated carbocycles. The van der Waals surface area contributed by atoms with Crippen molar-refractivity contribution in [3.63, 3.8) is 0 Å². The molecule has 0 amide bonds. The van der Waals surface area contributed by atoms with E-state index in [0.29, 0.717) is 6.04 Å². The summed E-state index contributed by atoms with van der Waals surface area (Å²) in [4.78, 5) is 0. The van der Waals surface area contributed by atoms with Gasteiger partial charge in [-0.3, -0.25) is 0 Å². The second-order valence-electron chi connectivity index (χ2n) is 5.79. The van der Waals surface area contributed by atoms with E-state index >= 15 is 0 Å². The highest BCUT2D eigenvalue weighted by atomic mass is 14.9. The molecule has 16 heavy (non-hydrogen) atoms. The van der Waals surface area contributed by atoms with Gasteiger partial charge >= 0.3 is 0 Å². The Bertz CT molecular complexity index is 185. The maximum atomic E-state index is 3.68.